The lowest BCUT2D eigenvalue weighted by Gasteiger charge is -2.25. The van der Waals surface area contributed by atoms with E-state index in [0.29, 0.717) is 12.5 Å². The first kappa shape index (κ1) is 23.5. The van der Waals surface area contributed by atoms with Crippen LogP contribution in [0.3, 0.4) is 0 Å². The molecule has 0 saturated heterocycles. The van der Waals surface area contributed by atoms with Gasteiger partial charge >= 0.3 is 0 Å². The van der Waals surface area contributed by atoms with Gasteiger partial charge in [-0.15, -0.1) is 24.0 Å². The number of amides is 1. The van der Waals surface area contributed by atoms with Gasteiger partial charge in [0.05, 0.1) is 13.1 Å². The van der Waals surface area contributed by atoms with Crippen molar-refractivity contribution in [2.75, 3.05) is 20.1 Å². The summed E-state index contributed by atoms with van der Waals surface area (Å²) in [6.45, 7) is 8.27. The number of carbonyl (C=O) groups is 1. The smallest absolute Gasteiger partial charge is 0.240 e. The average Bonchev–Trinajstić information content (AvgIpc) is 2.44. The van der Waals surface area contributed by atoms with E-state index in [1.165, 1.54) is 0 Å². The van der Waals surface area contributed by atoms with Gasteiger partial charge in [-0.2, -0.15) is 0 Å². The second-order valence-electron chi connectivity index (χ2n) is 6.56. The number of nitrogens with zero attached hydrogens (tertiary/aromatic N) is 2. The van der Waals surface area contributed by atoms with Crippen LogP contribution >= 0.6 is 24.0 Å². The number of rotatable bonds is 5. The standard InChI is InChI=1S/C17H26F2N4O.HI/c1-6-20-16(23(5)11-15(24)22-17(2,3)4)21-10-12-9-13(18)7-8-14(12)19;/h7-9H,6,10-11H2,1-5H3,(H,20,21)(H,22,24);1H. The maximum Gasteiger partial charge on any atom is 0.240 e. The molecule has 0 spiro atoms. The molecule has 2 N–H and O–H groups in total. The largest absolute Gasteiger partial charge is 0.357 e. The molecule has 0 heterocycles. The minimum absolute atomic E-state index is 0. The first-order chi connectivity index (χ1) is 11.1. The highest BCUT2D eigenvalue weighted by Gasteiger charge is 2.16. The molecule has 8 heteroatoms. The van der Waals surface area contributed by atoms with Crippen LogP contribution in [0.1, 0.15) is 33.3 Å². The summed E-state index contributed by atoms with van der Waals surface area (Å²) >= 11 is 0. The van der Waals surface area contributed by atoms with Gasteiger partial charge < -0.3 is 15.5 Å². The molecule has 0 bridgehead atoms. The molecule has 0 aliphatic heterocycles. The van der Waals surface area contributed by atoms with Gasteiger partial charge in [0.25, 0.3) is 0 Å². The van der Waals surface area contributed by atoms with E-state index in [4.69, 9.17) is 0 Å². The van der Waals surface area contributed by atoms with Crippen LogP contribution < -0.4 is 10.6 Å². The lowest BCUT2D eigenvalue weighted by Crippen LogP contribution is -2.48. The molecule has 5 nitrogen and oxygen atoms in total. The van der Waals surface area contributed by atoms with Crippen LogP contribution in [0.2, 0.25) is 0 Å². The second-order valence-corrected chi connectivity index (χ2v) is 6.56. The predicted molar refractivity (Wildman–Crippen MR) is 107 cm³/mol. The Morgan fingerprint density at radius 2 is 1.92 bits per heavy atom. The first-order valence-electron chi connectivity index (χ1n) is 7.86. The van der Waals surface area contributed by atoms with Gasteiger partial charge in [-0.3, -0.25) is 4.79 Å². The fraction of sp³-hybridized carbons (Fsp3) is 0.529. The third kappa shape index (κ3) is 8.99. The Kier molecular flexibility index (Phi) is 9.91. The molecule has 0 radical (unpaired) electrons. The van der Waals surface area contributed by atoms with Crippen molar-refractivity contribution in [2.45, 2.75) is 39.8 Å². The fourth-order valence-corrected chi connectivity index (χ4v) is 2.04. The zero-order valence-electron chi connectivity index (χ0n) is 15.3. The number of hydrogen-bond acceptors (Lipinski definition) is 2. The van der Waals surface area contributed by atoms with Crippen LogP contribution in [0.25, 0.3) is 0 Å². The molecule has 0 atom stereocenters. The summed E-state index contributed by atoms with van der Waals surface area (Å²) in [5.41, 5.74) is -0.157. The van der Waals surface area contributed by atoms with E-state index in [9.17, 15) is 13.6 Å². The number of halogens is 3. The molecule has 0 aliphatic carbocycles. The van der Waals surface area contributed by atoms with Crippen molar-refractivity contribution in [1.82, 2.24) is 15.5 Å². The molecule has 0 saturated carbocycles. The summed E-state index contributed by atoms with van der Waals surface area (Å²) in [7, 11) is 1.71. The van der Waals surface area contributed by atoms with Crippen molar-refractivity contribution in [3.63, 3.8) is 0 Å². The molecule has 25 heavy (non-hydrogen) atoms. The highest BCUT2D eigenvalue weighted by Crippen LogP contribution is 2.11. The molecular weight excluding hydrogens is 441 g/mol. The zero-order valence-corrected chi connectivity index (χ0v) is 17.7. The minimum Gasteiger partial charge on any atom is -0.357 e. The highest BCUT2D eigenvalue weighted by atomic mass is 127. The second kappa shape index (κ2) is 10.5. The van der Waals surface area contributed by atoms with Crippen LogP contribution in [-0.2, 0) is 11.3 Å². The molecule has 1 aromatic rings. The van der Waals surface area contributed by atoms with E-state index in [2.05, 4.69) is 15.6 Å². The Labute approximate surface area is 165 Å². The minimum atomic E-state index is -0.510. The zero-order chi connectivity index (χ0) is 18.3. The summed E-state index contributed by atoms with van der Waals surface area (Å²) in [5, 5.41) is 5.90. The molecule has 142 valence electrons. The van der Waals surface area contributed by atoms with Gasteiger partial charge in [-0.05, 0) is 45.9 Å². The molecule has 0 aliphatic rings. The Balaban J connectivity index is 0.00000576. The van der Waals surface area contributed by atoms with E-state index in [1.54, 1.807) is 11.9 Å². The summed E-state index contributed by atoms with van der Waals surface area (Å²) in [5.74, 6) is -0.716. The van der Waals surface area contributed by atoms with Gasteiger partial charge in [-0.25, -0.2) is 13.8 Å². The van der Waals surface area contributed by atoms with Crippen LogP contribution in [0.15, 0.2) is 23.2 Å². The van der Waals surface area contributed by atoms with E-state index in [-0.39, 0.29) is 54.1 Å². The van der Waals surface area contributed by atoms with Crippen LogP contribution in [0.4, 0.5) is 8.78 Å². The van der Waals surface area contributed by atoms with E-state index < -0.39 is 11.6 Å². The van der Waals surface area contributed by atoms with Gasteiger partial charge in [0.15, 0.2) is 5.96 Å². The average molecular weight is 468 g/mol. The Bertz CT molecular complexity index is 603. The van der Waals surface area contributed by atoms with E-state index >= 15 is 0 Å². The predicted octanol–water partition coefficient (Wildman–Crippen LogP) is 2.89. The fourth-order valence-electron chi connectivity index (χ4n) is 2.04. The molecule has 0 fully saturated rings. The van der Waals surface area contributed by atoms with Gasteiger partial charge in [0, 0.05) is 24.7 Å². The van der Waals surface area contributed by atoms with E-state index in [0.717, 1.165) is 18.2 Å². The SMILES string of the molecule is CCNC(=NCc1cc(F)ccc1F)N(C)CC(=O)NC(C)(C)C.I. The Hall–Kier alpha value is -1.45. The number of hydrogen-bond donors (Lipinski definition) is 2. The Morgan fingerprint density at radius 3 is 2.48 bits per heavy atom. The number of aliphatic imine (C=N–C) groups is 1. The third-order valence-corrected chi connectivity index (χ3v) is 3.00. The molecule has 1 rings (SSSR count). The quantitative estimate of drug-likeness (QED) is 0.397. The van der Waals surface area contributed by atoms with Crippen molar-refractivity contribution in [2.24, 2.45) is 4.99 Å². The highest BCUT2D eigenvalue weighted by molar-refractivity contribution is 14.0. The van der Waals surface area contributed by atoms with Crippen molar-refractivity contribution in [3.8, 4) is 0 Å². The van der Waals surface area contributed by atoms with Gasteiger partial charge in [-0.1, -0.05) is 0 Å². The van der Waals surface area contributed by atoms with Crippen LogP contribution in [0, 0.1) is 11.6 Å². The van der Waals surface area contributed by atoms with Crippen molar-refractivity contribution < 1.29 is 13.6 Å². The summed E-state index contributed by atoms with van der Waals surface area (Å²) < 4.78 is 26.9. The Morgan fingerprint density at radius 1 is 1.28 bits per heavy atom. The first-order valence-corrected chi connectivity index (χ1v) is 7.86. The lowest BCUT2D eigenvalue weighted by molar-refractivity contribution is -0.122. The van der Waals surface area contributed by atoms with Gasteiger partial charge in [0.2, 0.25) is 5.91 Å². The van der Waals surface area contributed by atoms with E-state index in [1.807, 2.05) is 27.7 Å². The van der Waals surface area contributed by atoms with Crippen molar-refractivity contribution in [3.05, 3.63) is 35.4 Å². The normalized spacial score (nSPS) is 11.6. The maximum absolute atomic E-state index is 13.7. The summed E-state index contributed by atoms with van der Waals surface area (Å²) in [4.78, 5) is 17.9. The lowest BCUT2D eigenvalue weighted by atomic mass is 10.1. The molecular formula is C17H27F2IN4O. The molecule has 0 unspecified atom stereocenters. The molecule has 0 aromatic heterocycles. The molecule has 1 aromatic carbocycles. The topological polar surface area (TPSA) is 56.7 Å². The summed E-state index contributed by atoms with van der Waals surface area (Å²) in [6.07, 6.45) is 0. The monoisotopic (exact) mass is 468 g/mol. The van der Waals surface area contributed by atoms with Crippen LogP contribution in [-0.4, -0.2) is 42.4 Å². The third-order valence-electron chi connectivity index (χ3n) is 3.00. The number of benzene rings is 1. The number of likely N-dealkylation sites (N-methyl/N-ethyl adjacent to an activating group) is 1. The summed E-state index contributed by atoms with van der Waals surface area (Å²) in [6, 6.07) is 3.26. The maximum atomic E-state index is 13.7. The van der Waals surface area contributed by atoms with Crippen molar-refractivity contribution >= 4 is 35.8 Å². The molecule has 1 amide bonds. The van der Waals surface area contributed by atoms with Crippen LogP contribution in [0.5, 0.6) is 0 Å². The number of guanidine groups is 1. The number of nitrogens with one attached hydrogen (secondary N) is 2. The van der Waals surface area contributed by atoms with Gasteiger partial charge in [0.1, 0.15) is 11.6 Å². The van der Waals surface area contributed by atoms with Crippen molar-refractivity contribution in [1.29, 1.82) is 0 Å². The number of carbonyl (C=O) groups excluding carboxylic acids is 1.